The van der Waals surface area contributed by atoms with Gasteiger partial charge in [-0.2, -0.15) is 5.10 Å². The third-order valence-electron chi connectivity index (χ3n) is 3.53. The number of nitrogens with zero attached hydrogens (tertiary/aromatic N) is 2. The molecule has 122 valence electrons. The van der Waals surface area contributed by atoms with Crippen LogP contribution in [-0.2, 0) is 9.59 Å². The van der Waals surface area contributed by atoms with E-state index in [1.54, 1.807) is 38.1 Å². The predicted molar refractivity (Wildman–Crippen MR) is 81.2 cm³/mol. The Morgan fingerprint density at radius 1 is 1.43 bits per heavy atom. The highest BCUT2D eigenvalue weighted by Gasteiger charge is 2.46. The Labute approximate surface area is 132 Å². The van der Waals surface area contributed by atoms with Crippen molar-refractivity contribution in [1.82, 2.24) is 10.3 Å². The quantitative estimate of drug-likeness (QED) is 0.605. The molecular formula is C15H17N3O5. The Kier molecular flexibility index (Phi) is 4.63. The molecule has 0 aliphatic carbocycles. The summed E-state index contributed by atoms with van der Waals surface area (Å²) in [6, 6.07) is 6.00. The van der Waals surface area contributed by atoms with Gasteiger partial charge in [0.15, 0.2) is 6.61 Å². The smallest absolute Gasteiger partial charge is 0.346 e. The fourth-order valence-corrected chi connectivity index (χ4v) is 1.99. The van der Waals surface area contributed by atoms with E-state index in [2.05, 4.69) is 10.4 Å². The summed E-state index contributed by atoms with van der Waals surface area (Å²) in [5.41, 5.74) is -0.507. The zero-order valence-corrected chi connectivity index (χ0v) is 12.8. The molecule has 2 N–H and O–H groups in total. The van der Waals surface area contributed by atoms with Gasteiger partial charge >= 0.3 is 12.0 Å². The average molecular weight is 319 g/mol. The first kappa shape index (κ1) is 16.5. The number of urea groups is 1. The van der Waals surface area contributed by atoms with Crippen LogP contribution in [0.4, 0.5) is 4.79 Å². The van der Waals surface area contributed by atoms with Gasteiger partial charge in [-0.05, 0) is 25.5 Å². The van der Waals surface area contributed by atoms with Gasteiger partial charge in [-0.25, -0.2) is 9.59 Å². The molecule has 1 saturated heterocycles. The van der Waals surface area contributed by atoms with Gasteiger partial charge in [-0.3, -0.25) is 4.79 Å². The zero-order valence-electron chi connectivity index (χ0n) is 12.8. The largest absolute Gasteiger partial charge is 0.481 e. The highest BCUT2D eigenvalue weighted by Crippen LogP contribution is 2.22. The van der Waals surface area contributed by atoms with Gasteiger partial charge < -0.3 is 15.2 Å². The summed E-state index contributed by atoms with van der Waals surface area (Å²) >= 11 is 0. The lowest BCUT2D eigenvalue weighted by atomic mass is 10.00. The minimum absolute atomic E-state index is 0.295. The lowest BCUT2D eigenvalue weighted by molar-refractivity contribution is -0.139. The molecule has 0 aromatic heterocycles. The minimum atomic E-state index is -1.11. The van der Waals surface area contributed by atoms with E-state index in [-0.39, 0.29) is 0 Å². The Morgan fingerprint density at radius 3 is 2.74 bits per heavy atom. The highest BCUT2D eigenvalue weighted by molar-refractivity contribution is 6.07. The van der Waals surface area contributed by atoms with Crippen LogP contribution < -0.4 is 10.1 Å². The number of benzene rings is 1. The van der Waals surface area contributed by atoms with Gasteiger partial charge in [-0.15, -0.1) is 5.01 Å². The number of aliphatic carboxylic acids is 1. The van der Waals surface area contributed by atoms with Crippen molar-refractivity contribution in [2.75, 3.05) is 6.61 Å². The van der Waals surface area contributed by atoms with Crippen LogP contribution in [-0.4, -0.2) is 46.4 Å². The van der Waals surface area contributed by atoms with Gasteiger partial charge in [0.1, 0.15) is 11.3 Å². The summed E-state index contributed by atoms with van der Waals surface area (Å²) in [7, 11) is 0. The number of hydrogen-bond acceptors (Lipinski definition) is 5. The zero-order chi connectivity index (χ0) is 17.0. The molecule has 0 saturated carbocycles. The molecule has 0 spiro atoms. The molecule has 1 aromatic rings. The number of hydrogen-bond donors (Lipinski definition) is 2. The van der Waals surface area contributed by atoms with E-state index in [4.69, 9.17) is 9.84 Å². The van der Waals surface area contributed by atoms with E-state index in [9.17, 15) is 14.4 Å². The average Bonchev–Trinajstić information content (AvgIpc) is 2.74. The van der Waals surface area contributed by atoms with Crippen LogP contribution in [0.1, 0.15) is 25.8 Å². The molecular weight excluding hydrogens is 302 g/mol. The fourth-order valence-electron chi connectivity index (χ4n) is 1.99. The summed E-state index contributed by atoms with van der Waals surface area (Å²) in [4.78, 5) is 34.6. The van der Waals surface area contributed by atoms with E-state index in [1.165, 1.54) is 6.21 Å². The molecule has 2 rings (SSSR count). The van der Waals surface area contributed by atoms with Crippen LogP contribution in [0.3, 0.4) is 0 Å². The van der Waals surface area contributed by atoms with E-state index >= 15 is 0 Å². The molecule has 0 bridgehead atoms. The normalized spacial score (nSPS) is 20.9. The number of hydrazone groups is 1. The van der Waals surface area contributed by atoms with Gasteiger partial charge in [-0.1, -0.05) is 19.1 Å². The second kappa shape index (κ2) is 6.47. The fraction of sp³-hybridized carbons (Fsp3) is 0.333. The van der Waals surface area contributed by atoms with Crippen molar-refractivity contribution in [3.8, 4) is 5.75 Å². The van der Waals surface area contributed by atoms with Crippen LogP contribution >= 0.6 is 0 Å². The topological polar surface area (TPSA) is 108 Å². The summed E-state index contributed by atoms with van der Waals surface area (Å²) in [5, 5.41) is 15.9. The van der Waals surface area contributed by atoms with Crippen molar-refractivity contribution in [2.24, 2.45) is 5.10 Å². The second-order valence-electron chi connectivity index (χ2n) is 5.20. The van der Waals surface area contributed by atoms with Gasteiger partial charge in [0, 0.05) is 5.56 Å². The number of nitrogens with one attached hydrogen (secondary N) is 1. The maximum Gasteiger partial charge on any atom is 0.346 e. The Bertz CT molecular complexity index is 673. The van der Waals surface area contributed by atoms with Gasteiger partial charge in [0.2, 0.25) is 0 Å². The third kappa shape index (κ3) is 3.47. The molecule has 0 radical (unpaired) electrons. The van der Waals surface area contributed by atoms with Crippen molar-refractivity contribution in [3.63, 3.8) is 0 Å². The number of ether oxygens (including phenoxy) is 1. The van der Waals surface area contributed by atoms with Crippen LogP contribution in [0.2, 0.25) is 0 Å². The van der Waals surface area contributed by atoms with E-state index < -0.39 is 30.1 Å². The van der Waals surface area contributed by atoms with Crippen molar-refractivity contribution < 1.29 is 24.2 Å². The number of carbonyl (C=O) groups excluding carboxylic acids is 2. The number of carboxylic acid groups (broad SMARTS) is 1. The molecule has 1 unspecified atom stereocenters. The number of imide groups is 1. The lowest BCUT2D eigenvalue weighted by Crippen LogP contribution is -2.42. The highest BCUT2D eigenvalue weighted by atomic mass is 16.5. The van der Waals surface area contributed by atoms with Crippen LogP contribution in [0.5, 0.6) is 5.75 Å². The van der Waals surface area contributed by atoms with E-state index in [1.807, 2.05) is 0 Å². The number of carbonyl (C=O) groups is 3. The van der Waals surface area contributed by atoms with E-state index in [0.29, 0.717) is 17.7 Å². The van der Waals surface area contributed by atoms with Crippen molar-refractivity contribution in [3.05, 3.63) is 29.8 Å². The molecule has 23 heavy (non-hydrogen) atoms. The molecule has 8 heteroatoms. The molecule has 1 aromatic carbocycles. The first-order valence-corrected chi connectivity index (χ1v) is 7.01. The minimum Gasteiger partial charge on any atom is -0.481 e. The summed E-state index contributed by atoms with van der Waals surface area (Å²) in [6.45, 7) is 2.93. The number of amides is 3. The monoisotopic (exact) mass is 319 g/mol. The number of rotatable bonds is 6. The Morgan fingerprint density at radius 2 is 2.13 bits per heavy atom. The maximum absolute atomic E-state index is 12.2. The molecule has 3 amide bonds. The van der Waals surface area contributed by atoms with Crippen LogP contribution in [0.25, 0.3) is 0 Å². The Hall–Kier alpha value is -2.90. The standard InChI is InChI=1S/C15H17N3O5/c1-3-15(2)13(21)18(14(22)17-15)16-8-10-6-4-5-7-11(10)23-9-12(19)20/h4-8H,3,9H2,1-2H3,(H,17,22)(H,19,20)/b16-8+. The molecule has 1 fully saturated rings. The summed E-state index contributed by atoms with van der Waals surface area (Å²) < 4.78 is 5.13. The SMILES string of the molecule is CCC1(C)NC(=O)N(/N=C/c2ccccc2OCC(=O)O)C1=O. The van der Waals surface area contributed by atoms with Gasteiger partial charge in [0.25, 0.3) is 5.91 Å². The lowest BCUT2D eigenvalue weighted by Gasteiger charge is -2.17. The van der Waals surface area contributed by atoms with Crippen molar-refractivity contribution >= 4 is 24.1 Å². The number of carboxylic acids is 1. The second-order valence-corrected chi connectivity index (χ2v) is 5.20. The first-order chi connectivity index (χ1) is 10.9. The summed E-state index contributed by atoms with van der Waals surface area (Å²) in [6.07, 6.45) is 1.73. The predicted octanol–water partition coefficient (Wildman–Crippen LogP) is 1.20. The first-order valence-electron chi connectivity index (χ1n) is 7.01. The van der Waals surface area contributed by atoms with Crippen molar-refractivity contribution in [2.45, 2.75) is 25.8 Å². The molecule has 1 heterocycles. The van der Waals surface area contributed by atoms with Crippen LogP contribution in [0.15, 0.2) is 29.4 Å². The number of para-hydroxylation sites is 1. The maximum atomic E-state index is 12.2. The molecule has 1 aliphatic rings. The molecule has 1 aliphatic heterocycles. The van der Waals surface area contributed by atoms with E-state index in [0.717, 1.165) is 5.01 Å². The third-order valence-corrected chi connectivity index (χ3v) is 3.53. The Balaban J connectivity index is 2.19. The summed E-state index contributed by atoms with van der Waals surface area (Å²) in [5.74, 6) is -1.25. The van der Waals surface area contributed by atoms with Crippen LogP contribution in [0, 0.1) is 0 Å². The molecule has 8 nitrogen and oxygen atoms in total. The molecule has 1 atom stereocenters. The van der Waals surface area contributed by atoms with Gasteiger partial charge in [0.05, 0.1) is 6.21 Å². The van der Waals surface area contributed by atoms with Crippen molar-refractivity contribution in [1.29, 1.82) is 0 Å².